The van der Waals surface area contributed by atoms with Crippen molar-refractivity contribution in [2.45, 2.75) is 6.92 Å². The van der Waals surface area contributed by atoms with Crippen LogP contribution in [0.1, 0.15) is 6.92 Å². The molecule has 0 aliphatic rings. The highest BCUT2D eigenvalue weighted by Crippen LogP contribution is 1.94. The molecule has 0 radical (unpaired) electrons. The molecule has 0 spiro atoms. The summed E-state index contributed by atoms with van der Waals surface area (Å²) in [5.74, 6) is -0.179. The van der Waals surface area contributed by atoms with Gasteiger partial charge in [0.25, 0.3) is 0 Å². The van der Waals surface area contributed by atoms with E-state index in [4.69, 9.17) is 0 Å². The van der Waals surface area contributed by atoms with Gasteiger partial charge in [-0.05, 0) is 0 Å². The first-order valence-corrected chi connectivity index (χ1v) is 2.13. The smallest absolute Gasteiger partial charge is 0.239 e. The molecule has 0 N–H and O–H groups in total. The van der Waals surface area contributed by atoms with Gasteiger partial charge in [-0.2, -0.15) is 0 Å². The van der Waals surface area contributed by atoms with Gasteiger partial charge < -0.3 is 0 Å². The van der Waals surface area contributed by atoms with E-state index in [-0.39, 0.29) is 18.3 Å². The zero-order chi connectivity index (χ0) is 5.15. The number of halogens is 1. The molecule has 0 heterocycles. The maximum atomic E-state index is 9.92. The van der Waals surface area contributed by atoms with E-state index in [0.717, 1.165) is 3.71 Å². The van der Waals surface area contributed by atoms with Crippen molar-refractivity contribution in [3.8, 4) is 0 Å². The number of amides is 1. The minimum atomic E-state index is -0.179. The first-order chi connectivity index (χ1) is 2.64. The van der Waals surface area contributed by atoms with Crippen molar-refractivity contribution in [1.29, 1.82) is 0 Å². The lowest BCUT2D eigenvalue weighted by atomic mass is 10.8. The summed E-state index contributed by atoms with van der Waals surface area (Å²) in [6.45, 7) is 1.38. The largest absolute Gasteiger partial charge is 0.273 e. The summed E-state index contributed by atoms with van der Waals surface area (Å²) in [6.07, 6.45) is 0. The Bertz CT molecular complexity index is 66.7. The number of thiol groups is 2. The van der Waals surface area contributed by atoms with Gasteiger partial charge in [-0.25, -0.2) is 3.71 Å². The number of hydrogen-bond acceptors (Lipinski definition) is 3. The highest BCUT2D eigenvalue weighted by atomic mass is 35.5. The number of hydrogen-bond donors (Lipinski definition) is 2. The fraction of sp³-hybridized carbons (Fsp3) is 0.500. The van der Waals surface area contributed by atoms with Gasteiger partial charge in [0.2, 0.25) is 5.91 Å². The molecule has 0 bridgehead atoms. The summed E-state index contributed by atoms with van der Waals surface area (Å²) in [7, 11) is 0. The summed E-state index contributed by atoms with van der Waals surface area (Å²) in [6, 6.07) is 0. The van der Waals surface area contributed by atoms with E-state index >= 15 is 0 Å². The Morgan fingerprint density at radius 2 is 1.71 bits per heavy atom. The molecule has 0 aromatic carbocycles. The molecule has 5 heteroatoms. The lowest BCUT2D eigenvalue weighted by Crippen LogP contribution is -2.03. The molecule has 7 heavy (non-hydrogen) atoms. The normalized spacial score (nSPS) is 6.71. The maximum Gasteiger partial charge on any atom is 0.239 e. The average molecular weight is 160 g/mol. The second kappa shape index (κ2) is 4.61. The van der Waals surface area contributed by atoms with Gasteiger partial charge in [0.05, 0.1) is 0 Å². The molecule has 0 rings (SSSR count). The average Bonchev–Trinajstić information content (AvgIpc) is 1.36. The van der Waals surface area contributed by atoms with Gasteiger partial charge >= 0.3 is 0 Å². The van der Waals surface area contributed by atoms with Gasteiger partial charge in [0, 0.05) is 6.92 Å². The quantitative estimate of drug-likeness (QED) is 0.505. The third-order valence-corrected chi connectivity index (χ3v) is 0.845. The molecule has 0 atom stereocenters. The summed E-state index contributed by atoms with van der Waals surface area (Å²) < 4.78 is 0.917. The van der Waals surface area contributed by atoms with Crippen molar-refractivity contribution in [3.63, 3.8) is 0 Å². The Kier molecular flexibility index (Phi) is 6.88. The second-order valence-corrected chi connectivity index (χ2v) is 1.92. The summed E-state index contributed by atoms with van der Waals surface area (Å²) in [4.78, 5) is 9.92. The van der Waals surface area contributed by atoms with Crippen molar-refractivity contribution in [1.82, 2.24) is 3.71 Å². The lowest BCUT2D eigenvalue weighted by molar-refractivity contribution is -0.120. The van der Waals surface area contributed by atoms with E-state index in [1.807, 2.05) is 0 Å². The van der Waals surface area contributed by atoms with E-state index in [1.54, 1.807) is 0 Å². The molecule has 0 aliphatic carbocycles. The van der Waals surface area contributed by atoms with Crippen molar-refractivity contribution in [3.05, 3.63) is 0 Å². The van der Waals surface area contributed by atoms with Crippen LogP contribution in [0, 0.1) is 0 Å². The monoisotopic (exact) mass is 159 g/mol. The van der Waals surface area contributed by atoms with E-state index in [2.05, 4.69) is 25.6 Å². The SMILES string of the molecule is CC(=O)N(S)S.Cl. The summed E-state index contributed by atoms with van der Waals surface area (Å²) in [5.41, 5.74) is 0. The molecule has 0 saturated heterocycles. The number of carbonyl (C=O) groups is 1. The van der Waals surface area contributed by atoms with Gasteiger partial charge in [-0.1, -0.05) is 25.6 Å². The zero-order valence-corrected chi connectivity index (χ0v) is 6.26. The molecule has 0 unspecified atom stereocenters. The number of rotatable bonds is 0. The third-order valence-electron chi connectivity index (χ3n) is 0.282. The number of carbonyl (C=O) groups excluding carboxylic acids is 1. The summed E-state index contributed by atoms with van der Waals surface area (Å²) in [5, 5.41) is 0. The van der Waals surface area contributed by atoms with E-state index in [9.17, 15) is 4.79 Å². The minimum Gasteiger partial charge on any atom is -0.273 e. The molecular formula is C2H6ClNOS2. The first-order valence-electron chi connectivity index (χ1n) is 1.33. The van der Waals surface area contributed by atoms with Crippen molar-refractivity contribution in [2.24, 2.45) is 0 Å². The fourth-order valence-electron chi connectivity index (χ4n) is 0. The van der Waals surface area contributed by atoms with E-state index in [1.165, 1.54) is 6.92 Å². The Balaban J connectivity index is 0. The van der Waals surface area contributed by atoms with E-state index in [0.29, 0.717) is 0 Å². The van der Waals surface area contributed by atoms with Crippen LogP contribution in [0.3, 0.4) is 0 Å². The zero-order valence-electron chi connectivity index (χ0n) is 3.66. The highest BCUT2D eigenvalue weighted by molar-refractivity contribution is 7.94. The van der Waals surface area contributed by atoms with Gasteiger partial charge in [0.15, 0.2) is 0 Å². The predicted octanol–water partition coefficient (Wildman–Crippen LogP) is 0.946. The van der Waals surface area contributed by atoms with Crippen molar-refractivity contribution in [2.75, 3.05) is 0 Å². The van der Waals surface area contributed by atoms with Crippen LogP contribution in [-0.2, 0) is 4.79 Å². The number of nitrogens with zero attached hydrogens (tertiary/aromatic N) is 1. The Hall–Kier alpha value is 0.460. The Morgan fingerprint density at radius 3 is 1.71 bits per heavy atom. The van der Waals surface area contributed by atoms with Crippen LogP contribution in [0.4, 0.5) is 0 Å². The standard InChI is InChI=1S/C2H5NOS2.ClH/c1-2(4)3(5)6;/h5-6H,1H3;1H. The lowest BCUT2D eigenvalue weighted by Gasteiger charge is -1.98. The molecule has 44 valence electrons. The molecule has 0 saturated carbocycles. The van der Waals surface area contributed by atoms with Crippen LogP contribution in [0.15, 0.2) is 0 Å². The van der Waals surface area contributed by atoms with Crippen LogP contribution in [0.5, 0.6) is 0 Å². The van der Waals surface area contributed by atoms with Crippen LogP contribution < -0.4 is 0 Å². The van der Waals surface area contributed by atoms with E-state index < -0.39 is 0 Å². The summed E-state index contributed by atoms with van der Waals surface area (Å²) >= 11 is 7.08. The molecule has 0 aromatic heterocycles. The fourth-order valence-corrected chi connectivity index (χ4v) is 0. The van der Waals surface area contributed by atoms with Crippen LogP contribution >= 0.6 is 38.0 Å². The molecule has 0 aliphatic heterocycles. The van der Waals surface area contributed by atoms with Crippen LogP contribution in [0.25, 0.3) is 0 Å². The Labute approximate surface area is 59.8 Å². The van der Waals surface area contributed by atoms with Crippen molar-refractivity contribution < 1.29 is 4.79 Å². The molecule has 1 amide bonds. The molecular weight excluding hydrogens is 154 g/mol. The molecule has 0 fully saturated rings. The Morgan fingerprint density at radius 1 is 1.57 bits per heavy atom. The maximum absolute atomic E-state index is 9.92. The molecule has 0 aromatic rings. The minimum absolute atomic E-state index is 0. The van der Waals surface area contributed by atoms with Gasteiger partial charge in [0.1, 0.15) is 0 Å². The first kappa shape index (κ1) is 10.4. The van der Waals surface area contributed by atoms with Crippen LogP contribution in [-0.4, -0.2) is 9.62 Å². The highest BCUT2D eigenvalue weighted by Gasteiger charge is 1.90. The van der Waals surface area contributed by atoms with Crippen LogP contribution in [0.2, 0.25) is 0 Å². The topological polar surface area (TPSA) is 20.3 Å². The predicted molar refractivity (Wildman–Crippen MR) is 37.7 cm³/mol. The van der Waals surface area contributed by atoms with Crippen molar-refractivity contribution >= 4 is 43.9 Å². The van der Waals surface area contributed by atoms with Gasteiger partial charge in [-0.3, -0.25) is 4.79 Å². The van der Waals surface area contributed by atoms with Gasteiger partial charge in [-0.15, -0.1) is 12.4 Å². The third kappa shape index (κ3) is 6.46. The molecule has 2 nitrogen and oxygen atoms in total. The second-order valence-electron chi connectivity index (χ2n) is 0.808.